The Kier molecular flexibility index (Phi) is 5.32. The number of imidazole rings is 1. The molecule has 5 rings (SSSR count). The zero-order valence-corrected chi connectivity index (χ0v) is 18.4. The molecule has 0 aliphatic carbocycles. The van der Waals surface area contributed by atoms with Crippen LogP contribution >= 0.6 is 0 Å². The van der Waals surface area contributed by atoms with Gasteiger partial charge in [0.05, 0.1) is 5.41 Å². The van der Waals surface area contributed by atoms with Crippen LogP contribution in [-0.4, -0.2) is 56.3 Å². The number of aromatic nitrogens is 2. The van der Waals surface area contributed by atoms with E-state index in [2.05, 4.69) is 26.9 Å². The van der Waals surface area contributed by atoms with Crippen molar-refractivity contribution in [1.82, 2.24) is 19.4 Å². The zero-order valence-electron chi connectivity index (χ0n) is 18.4. The van der Waals surface area contributed by atoms with E-state index < -0.39 is 5.41 Å². The Labute approximate surface area is 184 Å². The standard InChI is InChI=1S/C25H32N4O2/c1-19-26-12-15-28(19)18-23(30)29-21-10-11-22(29)25(17-21,16-20-8-4-2-5-9-20)24(31)27-13-6-3-7-14-27/h2,4-5,8-9,12,15,21-22H,3,6-7,10-11,13-14,16-18H2,1H3/t21-,22+,25+/m1/s1. The Hall–Kier alpha value is -2.63. The number of carbonyl (C=O) groups excluding carboxylic acids is 2. The predicted molar refractivity (Wildman–Crippen MR) is 118 cm³/mol. The van der Waals surface area contributed by atoms with Gasteiger partial charge in [-0.1, -0.05) is 30.3 Å². The number of aryl methyl sites for hydroxylation is 1. The number of rotatable bonds is 5. The monoisotopic (exact) mass is 420 g/mol. The summed E-state index contributed by atoms with van der Waals surface area (Å²) in [7, 11) is 0. The molecular formula is C25H32N4O2. The Bertz CT molecular complexity index is 949. The molecule has 164 valence electrons. The summed E-state index contributed by atoms with van der Waals surface area (Å²) in [6.07, 6.45) is 10.4. The Morgan fingerprint density at radius 3 is 2.58 bits per heavy atom. The summed E-state index contributed by atoms with van der Waals surface area (Å²) >= 11 is 0. The SMILES string of the molecule is Cc1nccn1CC(=O)N1[C@@H]2CC[C@H]1[C@@](Cc1ccccc1)(C(=O)N1CCCCC1)C2. The van der Waals surface area contributed by atoms with Gasteiger partial charge < -0.3 is 14.4 Å². The quantitative estimate of drug-likeness (QED) is 0.746. The molecule has 3 saturated heterocycles. The summed E-state index contributed by atoms with van der Waals surface area (Å²) in [5.74, 6) is 1.25. The third kappa shape index (κ3) is 3.56. The molecule has 2 amide bonds. The highest BCUT2D eigenvalue weighted by Gasteiger charge is 2.61. The fourth-order valence-electron chi connectivity index (χ4n) is 6.23. The Balaban J connectivity index is 1.45. The number of likely N-dealkylation sites (tertiary alicyclic amines) is 1. The van der Waals surface area contributed by atoms with Gasteiger partial charge in [0.25, 0.3) is 0 Å². The van der Waals surface area contributed by atoms with E-state index in [0.29, 0.717) is 6.54 Å². The van der Waals surface area contributed by atoms with Gasteiger partial charge >= 0.3 is 0 Å². The number of nitrogens with zero attached hydrogens (tertiary/aromatic N) is 4. The highest BCUT2D eigenvalue weighted by atomic mass is 16.2. The van der Waals surface area contributed by atoms with Crippen molar-refractivity contribution in [3.8, 4) is 0 Å². The van der Waals surface area contributed by atoms with Gasteiger partial charge in [-0.15, -0.1) is 0 Å². The first-order valence-corrected chi connectivity index (χ1v) is 11.7. The van der Waals surface area contributed by atoms with Gasteiger partial charge in [-0.2, -0.15) is 0 Å². The molecule has 3 atom stereocenters. The van der Waals surface area contributed by atoms with Crippen LogP contribution in [-0.2, 0) is 22.6 Å². The second-order valence-corrected chi connectivity index (χ2v) is 9.53. The number of piperidine rings is 1. The first kappa shape index (κ1) is 20.3. The van der Waals surface area contributed by atoms with Crippen LogP contribution in [0.1, 0.15) is 49.9 Å². The van der Waals surface area contributed by atoms with E-state index in [-0.39, 0.29) is 23.9 Å². The average Bonchev–Trinajstić information content (AvgIpc) is 3.48. The predicted octanol–water partition coefficient (Wildman–Crippen LogP) is 3.20. The van der Waals surface area contributed by atoms with Gasteiger partial charge in [0.2, 0.25) is 11.8 Å². The summed E-state index contributed by atoms with van der Waals surface area (Å²) in [5.41, 5.74) is 0.694. The fraction of sp³-hybridized carbons (Fsp3) is 0.560. The molecule has 0 saturated carbocycles. The highest BCUT2D eigenvalue weighted by molar-refractivity contribution is 5.87. The third-order valence-electron chi connectivity index (χ3n) is 7.69. The molecular weight excluding hydrogens is 388 g/mol. The molecule has 3 aliphatic rings. The molecule has 2 aromatic rings. The first-order chi connectivity index (χ1) is 15.1. The van der Waals surface area contributed by atoms with Crippen molar-refractivity contribution < 1.29 is 9.59 Å². The Morgan fingerprint density at radius 1 is 1.10 bits per heavy atom. The van der Waals surface area contributed by atoms with Gasteiger partial charge in [-0.3, -0.25) is 9.59 Å². The molecule has 31 heavy (non-hydrogen) atoms. The maximum Gasteiger partial charge on any atom is 0.243 e. The third-order valence-corrected chi connectivity index (χ3v) is 7.69. The maximum atomic E-state index is 14.0. The van der Waals surface area contributed by atoms with E-state index >= 15 is 0 Å². The normalized spacial score (nSPS) is 27.6. The Morgan fingerprint density at radius 2 is 1.87 bits per heavy atom. The summed E-state index contributed by atoms with van der Waals surface area (Å²) in [5, 5.41) is 0. The molecule has 3 aliphatic heterocycles. The van der Waals surface area contributed by atoms with Crippen molar-refractivity contribution in [3.05, 3.63) is 54.1 Å². The van der Waals surface area contributed by atoms with E-state index in [4.69, 9.17) is 0 Å². The lowest BCUT2D eigenvalue weighted by Gasteiger charge is -2.41. The largest absolute Gasteiger partial charge is 0.342 e. The number of amides is 2. The minimum absolute atomic E-state index is 0.0107. The van der Waals surface area contributed by atoms with E-state index in [1.54, 1.807) is 6.20 Å². The van der Waals surface area contributed by atoms with Gasteiger partial charge in [0.15, 0.2) is 0 Å². The van der Waals surface area contributed by atoms with E-state index in [1.807, 2.05) is 35.9 Å². The lowest BCUT2D eigenvalue weighted by atomic mass is 9.68. The van der Waals surface area contributed by atoms with Crippen LogP contribution in [0.5, 0.6) is 0 Å². The fourth-order valence-corrected chi connectivity index (χ4v) is 6.23. The molecule has 6 heteroatoms. The average molecular weight is 421 g/mol. The smallest absolute Gasteiger partial charge is 0.243 e. The van der Waals surface area contributed by atoms with Crippen LogP contribution in [0.4, 0.5) is 0 Å². The minimum atomic E-state index is -0.499. The molecule has 0 N–H and O–H groups in total. The number of benzene rings is 1. The van der Waals surface area contributed by atoms with Crippen LogP contribution in [0.2, 0.25) is 0 Å². The number of hydrogen-bond donors (Lipinski definition) is 0. The van der Waals surface area contributed by atoms with E-state index in [9.17, 15) is 9.59 Å². The zero-order chi connectivity index (χ0) is 21.4. The van der Waals surface area contributed by atoms with E-state index in [1.165, 1.54) is 12.0 Å². The van der Waals surface area contributed by atoms with Crippen molar-refractivity contribution in [3.63, 3.8) is 0 Å². The summed E-state index contributed by atoms with van der Waals surface area (Å²) in [4.78, 5) is 35.9. The summed E-state index contributed by atoms with van der Waals surface area (Å²) in [6, 6.07) is 10.5. The van der Waals surface area contributed by atoms with Gasteiger partial charge in [0, 0.05) is 37.6 Å². The van der Waals surface area contributed by atoms with Crippen LogP contribution < -0.4 is 0 Å². The summed E-state index contributed by atoms with van der Waals surface area (Å²) in [6.45, 7) is 3.94. The van der Waals surface area contributed by atoms with Crippen molar-refractivity contribution in [2.24, 2.45) is 5.41 Å². The molecule has 0 unspecified atom stereocenters. The van der Waals surface area contributed by atoms with Gasteiger partial charge in [0.1, 0.15) is 12.4 Å². The molecule has 1 aromatic heterocycles. The lowest BCUT2D eigenvalue weighted by Crippen LogP contribution is -2.53. The van der Waals surface area contributed by atoms with Crippen LogP contribution in [0.15, 0.2) is 42.7 Å². The van der Waals surface area contributed by atoms with Crippen molar-refractivity contribution in [1.29, 1.82) is 0 Å². The van der Waals surface area contributed by atoms with Crippen molar-refractivity contribution in [2.45, 2.75) is 70.5 Å². The second-order valence-electron chi connectivity index (χ2n) is 9.53. The number of hydrogen-bond acceptors (Lipinski definition) is 3. The molecule has 0 spiro atoms. The van der Waals surface area contributed by atoms with Crippen molar-refractivity contribution in [2.75, 3.05) is 13.1 Å². The molecule has 2 bridgehead atoms. The van der Waals surface area contributed by atoms with Crippen molar-refractivity contribution >= 4 is 11.8 Å². The molecule has 0 radical (unpaired) electrons. The first-order valence-electron chi connectivity index (χ1n) is 11.7. The highest BCUT2D eigenvalue weighted by Crippen LogP contribution is 2.53. The molecule has 4 heterocycles. The molecule has 6 nitrogen and oxygen atoms in total. The maximum absolute atomic E-state index is 14.0. The van der Waals surface area contributed by atoms with Gasteiger partial charge in [-0.25, -0.2) is 4.98 Å². The number of carbonyl (C=O) groups is 2. The van der Waals surface area contributed by atoms with Gasteiger partial charge in [-0.05, 0) is 57.4 Å². The minimum Gasteiger partial charge on any atom is -0.342 e. The molecule has 1 aromatic carbocycles. The summed E-state index contributed by atoms with van der Waals surface area (Å²) < 4.78 is 1.91. The lowest BCUT2D eigenvalue weighted by molar-refractivity contribution is -0.146. The van der Waals surface area contributed by atoms with Crippen LogP contribution in [0.3, 0.4) is 0 Å². The van der Waals surface area contributed by atoms with E-state index in [0.717, 1.165) is 57.4 Å². The molecule has 3 fully saturated rings. The van der Waals surface area contributed by atoms with Crippen LogP contribution in [0, 0.1) is 12.3 Å². The number of fused-ring (bicyclic) bond motifs is 2. The van der Waals surface area contributed by atoms with Crippen LogP contribution in [0.25, 0.3) is 0 Å². The topological polar surface area (TPSA) is 58.4 Å². The second kappa shape index (κ2) is 8.13.